The van der Waals surface area contributed by atoms with E-state index in [-0.39, 0.29) is 5.91 Å². The normalized spacial score (nSPS) is 12.2. The molecule has 2 rings (SSSR count). The number of nitrogens with two attached hydrogens (primary N) is 1. The van der Waals surface area contributed by atoms with E-state index in [1.807, 2.05) is 31.2 Å². The minimum Gasteiger partial charge on any atom is -0.449 e. The lowest BCUT2D eigenvalue weighted by Gasteiger charge is -2.11. The van der Waals surface area contributed by atoms with Crippen LogP contribution in [0, 0.1) is 6.92 Å². The van der Waals surface area contributed by atoms with E-state index in [2.05, 4.69) is 10.3 Å². The summed E-state index contributed by atoms with van der Waals surface area (Å²) in [7, 11) is 0. The Morgan fingerprint density at radius 1 is 1.40 bits per heavy atom. The summed E-state index contributed by atoms with van der Waals surface area (Å²) in [5.41, 5.74) is 8.22. The maximum atomic E-state index is 11.8. The van der Waals surface area contributed by atoms with Crippen LogP contribution in [0.1, 0.15) is 25.7 Å². The average Bonchev–Trinajstić information content (AvgIpc) is 2.86. The lowest BCUT2D eigenvalue weighted by atomic mass is 10.1. The van der Waals surface area contributed by atoms with Gasteiger partial charge in [-0.1, -0.05) is 25.5 Å². The van der Waals surface area contributed by atoms with E-state index in [1.165, 1.54) is 0 Å². The summed E-state index contributed by atoms with van der Waals surface area (Å²) in [5.74, 6) is 0.472. The first-order valence-electron chi connectivity index (χ1n) is 6.69. The standard InChI is InChI=1S/C15H19N3O2/c1-3-4-13(16)15(19)18-12-7-5-11(6-8-12)14-9-20-10(2)17-14/h5-9,13H,3-4,16H2,1-2H3,(H,18,19). The van der Waals surface area contributed by atoms with Crippen LogP contribution in [0.2, 0.25) is 0 Å². The number of nitrogens with zero attached hydrogens (tertiary/aromatic N) is 1. The molecule has 0 fully saturated rings. The number of nitrogens with one attached hydrogen (secondary N) is 1. The van der Waals surface area contributed by atoms with Gasteiger partial charge in [-0.3, -0.25) is 4.79 Å². The van der Waals surface area contributed by atoms with Crippen molar-refractivity contribution in [2.24, 2.45) is 5.73 Å². The van der Waals surface area contributed by atoms with Crippen molar-refractivity contribution in [2.45, 2.75) is 32.7 Å². The van der Waals surface area contributed by atoms with Gasteiger partial charge >= 0.3 is 0 Å². The number of hydrogen-bond donors (Lipinski definition) is 2. The Morgan fingerprint density at radius 3 is 2.65 bits per heavy atom. The van der Waals surface area contributed by atoms with Gasteiger partial charge in [0.05, 0.1) is 6.04 Å². The van der Waals surface area contributed by atoms with Crippen LogP contribution in [0.4, 0.5) is 5.69 Å². The fraction of sp³-hybridized carbons (Fsp3) is 0.333. The highest BCUT2D eigenvalue weighted by molar-refractivity contribution is 5.94. The highest BCUT2D eigenvalue weighted by Crippen LogP contribution is 2.20. The topological polar surface area (TPSA) is 81.2 Å². The molecular formula is C15H19N3O2. The fourth-order valence-corrected chi connectivity index (χ4v) is 1.90. The molecule has 1 atom stereocenters. The number of aromatic nitrogens is 1. The van der Waals surface area contributed by atoms with E-state index in [0.717, 1.165) is 23.4 Å². The molecule has 5 heteroatoms. The van der Waals surface area contributed by atoms with Gasteiger partial charge in [-0.2, -0.15) is 0 Å². The second kappa shape index (κ2) is 6.34. The number of amides is 1. The van der Waals surface area contributed by atoms with Crippen LogP contribution in [-0.2, 0) is 4.79 Å². The number of oxazole rings is 1. The van der Waals surface area contributed by atoms with Crippen LogP contribution < -0.4 is 11.1 Å². The molecule has 0 radical (unpaired) electrons. The summed E-state index contributed by atoms with van der Waals surface area (Å²) in [6, 6.07) is 6.97. The number of aryl methyl sites for hydroxylation is 1. The van der Waals surface area contributed by atoms with E-state index in [1.54, 1.807) is 13.2 Å². The van der Waals surface area contributed by atoms with Gasteiger partial charge < -0.3 is 15.5 Å². The lowest BCUT2D eigenvalue weighted by molar-refractivity contribution is -0.117. The predicted octanol–water partition coefficient (Wildman–Crippen LogP) is 2.72. The summed E-state index contributed by atoms with van der Waals surface area (Å²) in [6.45, 7) is 3.80. The Balaban J connectivity index is 2.03. The first-order chi connectivity index (χ1) is 9.60. The Labute approximate surface area is 118 Å². The molecule has 0 saturated heterocycles. The van der Waals surface area contributed by atoms with E-state index in [0.29, 0.717) is 12.3 Å². The smallest absolute Gasteiger partial charge is 0.241 e. The van der Waals surface area contributed by atoms with E-state index in [9.17, 15) is 4.79 Å². The van der Waals surface area contributed by atoms with Crippen molar-refractivity contribution in [2.75, 3.05) is 5.32 Å². The van der Waals surface area contributed by atoms with Crippen LogP contribution >= 0.6 is 0 Å². The second-order valence-electron chi connectivity index (χ2n) is 4.71. The molecule has 0 saturated carbocycles. The summed E-state index contributed by atoms with van der Waals surface area (Å²) in [6.07, 6.45) is 3.18. The summed E-state index contributed by atoms with van der Waals surface area (Å²) >= 11 is 0. The zero-order chi connectivity index (χ0) is 14.5. The quantitative estimate of drug-likeness (QED) is 0.877. The van der Waals surface area contributed by atoms with Crippen molar-refractivity contribution >= 4 is 11.6 Å². The van der Waals surface area contributed by atoms with Gasteiger partial charge in [0.25, 0.3) is 0 Å². The predicted molar refractivity (Wildman–Crippen MR) is 78.2 cm³/mol. The molecule has 0 aliphatic carbocycles. The van der Waals surface area contributed by atoms with Crippen molar-refractivity contribution in [1.82, 2.24) is 4.98 Å². The van der Waals surface area contributed by atoms with Gasteiger partial charge in [-0.25, -0.2) is 4.98 Å². The van der Waals surface area contributed by atoms with Crippen LogP contribution in [0.25, 0.3) is 11.3 Å². The molecule has 0 aliphatic rings. The van der Waals surface area contributed by atoms with E-state index < -0.39 is 6.04 Å². The van der Waals surface area contributed by atoms with E-state index in [4.69, 9.17) is 10.2 Å². The van der Waals surface area contributed by atoms with Gasteiger partial charge in [0, 0.05) is 18.2 Å². The zero-order valence-electron chi connectivity index (χ0n) is 11.7. The molecule has 1 amide bonds. The average molecular weight is 273 g/mol. The Hall–Kier alpha value is -2.14. The Bertz CT molecular complexity index is 575. The van der Waals surface area contributed by atoms with Crippen LogP contribution in [0.5, 0.6) is 0 Å². The third kappa shape index (κ3) is 3.45. The molecule has 1 heterocycles. The monoisotopic (exact) mass is 273 g/mol. The molecule has 20 heavy (non-hydrogen) atoms. The molecule has 106 valence electrons. The van der Waals surface area contributed by atoms with E-state index >= 15 is 0 Å². The fourth-order valence-electron chi connectivity index (χ4n) is 1.90. The number of carbonyl (C=O) groups is 1. The molecule has 3 N–H and O–H groups in total. The highest BCUT2D eigenvalue weighted by Gasteiger charge is 2.12. The molecular weight excluding hydrogens is 254 g/mol. The zero-order valence-corrected chi connectivity index (χ0v) is 11.7. The van der Waals surface area contributed by atoms with Crippen molar-refractivity contribution in [3.05, 3.63) is 36.4 Å². The van der Waals surface area contributed by atoms with Crippen molar-refractivity contribution in [3.63, 3.8) is 0 Å². The molecule has 1 aromatic heterocycles. The number of anilines is 1. The molecule has 0 spiro atoms. The summed E-state index contributed by atoms with van der Waals surface area (Å²) in [5, 5.41) is 2.80. The Morgan fingerprint density at radius 2 is 2.10 bits per heavy atom. The maximum absolute atomic E-state index is 11.8. The molecule has 0 aliphatic heterocycles. The largest absolute Gasteiger partial charge is 0.449 e. The SMILES string of the molecule is CCCC(N)C(=O)Nc1ccc(-c2coc(C)n2)cc1. The maximum Gasteiger partial charge on any atom is 0.241 e. The number of benzene rings is 1. The lowest BCUT2D eigenvalue weighted by Crippen LogP contribution is -2.35. The van der Waals surface area contributed by atoms with Crippen molar-refractivity contribution < 1.29 is 9.21 Å². The minimum absolute atomic E-state index is 0.156. The number of rotatable bonds is 5. The first kappa shape index (κ1) is 14.3. The van der Waals surface area contributed by atoms with Crippen molar-refractivity contribution in [3.8, 4) is 11.3 Å². The van der Waals surface area contributed by atoms with Gasteiger partial charge in [0.2, 0.25) is 5.91 Å². The third-order valence-electron chi connectivity index (χ3n) is 3.00. The molecule has 2 aromatic rings. The number of carbonyl (C=O) groups excluding carboxylic acids is 1. The molecule has 1 unspecified atom stereocenters. The Kier molecular flexibility index (Phi) is 4.53. The molecule has 0 bridgehead atoms. The molecule has 1 aromatic carbocycles. The number of hydrogen-bond acceptors (Lipinski definition) is 4. The van der Waals surface area contributed by atoms with Gasteiger partial charge in [0.15, 0.2) is 5.89 Å². The van der Waals surface area contributed by atoms with Crippen LogP contribution in [-0.4, -0.2) is 16.9 Å². The minimum atomic E-state index is -0.460. The van der Waals surface area contributed by atoms with Gasteiger partial charge in [-0.05, 0) is 18.6 Å². The van der Waals surface area contributed by atoms with Gasteiger partial charge in [-0.15, -0.1) is 0 Å². The highest BCUT2D eigenvalue weighted by atomic mass is 16.3. The van der Waals surface area contributed by atoms with Crippen LogP contribution in [0.15, 0.2) is 34.9 Å². The molecule has 5 nitrogen and oxygen atoms in total. The van der Waals surface area contributed by atoms with Crippen LogP contribution in [0.3, 0.4) is 0 Å². The summed E-state index contributed by atoms with van der Waals surface area (Å²) < 4.78 is 5.17. The summed E-state index contributed by atoms with van der Waals surface area (Å²) in [4.78, 5) is 16.0. The third-order valence-corrected chi connectivity index (χ3v) is 3.00. The van der Waals surface area contributed by atoms with Crippen molar-refractivity contribution in [1.29, 1.82) is 0 Å². The van der Waals surface area contributed by atoms with Gasteiger partial charge in [0.1, 0.15) is 12.0 Å². The second-order valence-corrected chi connectivity index (χ2v) is 4.71. The first-order valence-corrected chi connectivity index (χ1v) is 6.69.